The van der Waals surface area contributed by atoms with Crippen molar-refractivity contribution in [3.63, 3.8) is 0 Å². The Kier molecular flexibility index (Phi) is 4.78. The van der Waals surface area contributed by atoms with Crippen LogP contribution in [-0.4, -0.2) is 68.5 Å². The lowest BCUT2D eigenvalue weighted by Gasteiger charge is -2.49. The molecule has 5 aliphatic rings. The number of hydrogen-bond donors (Lipinski definition) is 0. The largest absolute Gasteiger partial charge is 0.497 e. The Morgan fingerprint density at radius 2 is 1.91 bits per heavy atom. The number of piperazine rings is 1. The van der Waals surface area contributed by atoms with Gasteiger partial charge >= 0.3 is 5.97 Å². The van der Waals surface area contributed by atoms with Crippen LogP contribution in [0.3, 0.4) is 0 Å². The van der Waals surface area contributed by atoms with Crippen molar-refractivity contribution in [1.29, 1.82) is 0 Å². The number of epoxide rings is 1. The number of anilines is 1. The first-order valence-corrected chi connectivity index (χ1v) is 12.4. The molecule has 0 amide bonds. The van der Waals surface area contributed by atoms with Crippen LogP contribution in [-0.2, 0) is 14.3 Å². The fraction of sp³-hybridized carbons (Fsp3) is 0.731. The minimum absolute atomic E-state index is 0.00822. The van der Waals surface area contributed by atoms with E-state index in [1.54, 1.807) is 7.11 Å². The molecule has 3 saturated heterocycles. The first-order chi connectivity index (χ1) is 15.4. The zero-order chi connectivity index (χ0) is 22.1. The number of carbonyl (C=O) groups excluding carboxylic acids is 1. The number of ether oxygens (including phenoxy) is 3. The monoisotopic (exact) mass is 440 g/mol. The van der Waals surface area contributed by atoms with E-state index in [2.05, 4.69) is 35.8 Å². The Hall–Kier alpha value is -1.79. The number of hydrogen-bond acceptors (Lipinski definition) is 6. The Morgan fingerprint density at radius 1 is 1.16 bits per heavy atom. The molecule has 5 fully saturated rings. The number of fused-ring (bicyclic) bond motifs is 2. The fourth-order valence-electron chi connectivity index (χ4n) is 7.70. The third-order valence-electron chi connectivity index (χ3n) is 9.46. The van der Waals surface area contributed by atoms with Crippen LogP contribution < -0.4 is 9.64 Å². The van der Waals surface area contributed by atoms with E-state index in [9.17, 15) is 4.79 Å². The number of carbonyl (C=O) groups is 1. The maximum Gasteiger partial charge on any atom is 0.311 e. The molecule has 1 spiro atoms. The standard InChI is InChI=1S/C26H36N2O4/c1-17-5-4-10-25(2)15-21-22(23-26(17,25)32-23)20(24(29)31-21)16-27-11-13-28(14-12-27)18-6-8-19(30-3)9-7-18/h6-9,17,20-23H,4-5,10-16H2,1-3H3/t17-,20-,21+,22+,23+,25+,26-/m0/s1. The van der Waals surface area contributed by atoms with Crippen LogP contribution in [0.2, 0.25) is 0 Å². The number of methoxy groups -OCH3 is 1. The van der Waals surface area contributed by atoms with Gasteiger partial charge in [0.25, 0.3) is 0 Å². The predicted molar refractivity (Wildman–Crippen MR) is 122 cm³/mol. The summed E-state index contributed by atoms with van der Waals surface area (Å²) in [6.07, 6.45) is 4.94. The zero-order valence-electron chi connectivity index (χ0n) is 19.6. The third-order valence-corrected chi connectivity index (χ3v) is 9.46. The van der Waals surface area contributed by atoms with Gasteiger partial charge in [0.2, 0.25) is 0 Å². The Labute approximate surface area is 191 Å². The van der Waals surface area contributed by atoms with Gasteiger partial charge in [-0.05, 0) is 49.4 Å². The SMILES string of the molecule is COc1ccc(N2CCN(C[C@@H]3C(=O)O[C@@H]4C[C@@]5(C)CCC[C@H](C)[C@@]56O[C@@H]6[C@H]34)CC2)cc1. The van der Waals surface area contributed by atoms with E-state index < -0.39 is 0 Å². The number of nitrogens with zero attached hydrogens (tertiary/aromatic N) is 2. The van der Waals surface area contributed by atoms with Gasteiger partial charge in [0.15, 0.2) is 0 Å². The van der Waals surface area contributed by atoms with Crippen molar-refractivity contribution in [2.24, 2.45) is 23.2 Å². The minimum Gasteiger partial charge on any atom is -0.497 e. The molecule has 1 aromatic carbocycles. The third kappa shape index (κ3) is 2.95. The van der Waals surface area contributed by atoms with Gasteiger partial charge in [0.05, 0.1) is 19.1 Å². The first-order valence-electron chi connectivity index (χ1n) is 12.4. The van der Waals surface area contributed by atoms with Crippen LogP contribution >= 0.6 is 0 Å². The molecule has 2 aliphatic carbocycles. The van der Waals surface area contributed by atoms with E-state index in [4.69, 9.17) is 14.2 Å². The summed E-state index contributed by atoms with van der Waals surface area (Å²) >= 11 is 0. The summed E-state index contributed by atoms with van der Waals surface area (Å²) in [5.41, 5.74) is 1.39. The van der Waals surface area contributed by atoms with Gasteiger partial charge in [0.1, 0.15) is 17.5 Å². The molecule has 0 bridgehead atoms. The summed E-state index contributed by atoms with van der Waals surface area (Å²) in [6, 6.07) is 8.29. The summed E-state index contributed by atoms with van der Waals surface area (Å²) in [7, 11) is 1.70. The van der Waals surface area contributed by atoms with Gasteiger partial charge in [-0.3, -0.25) is 9.69 Å². The minimum atomic E-state index is -0.0458. The molecule has 0 N–H and O–H groups in total. The Balaban J connectivity index is 1.12. The molecule has 2 saturated carbocycles. The molecule has 6 rings (SSSR count). The second-order valence-electron chi connectivity index (χ2n) is 11.0. The van der Waals surface area contributed by atoms with Crippen molar-refractivity contribution in [3.8, 4) is 5.75 Å². The molecule has 6 heteroatoms. The molecule has 0 radical (unpaired) electrons. The second-order valence-corrected chi connectivity index (χ2v) is 11.0. The van der Waals surface area contributed by atoms with Crippen LogP contribution in [0, 0.1) is 23.2 Å². The van der Waals surface area contributed by atoms with E-state index in [0.29, 0.717) is 5.92 Å². The van der Waals surface area contributed by atoms with E-state index in [1.807, 2.05) is 12.1 Å². The lowest BCUT2D eigenvalue weighted by atomic mass is 9.53. The molecule has 3 aliphatic heterocycles. The summed E-state index contributed by atoms with van der Waals surface area (Å²) in [4.78, 5) is 17.9. The number of benzene rings is 1. The average Bonchev–Trinajstić information content (AvgIpc) is 3.49. The van der Waals surface area contributed by atoms with E-state index >= 15 is 0 Å². The van der Waals surface area contributed by atoms with Gasteiger partial charge in [-0.1, -0.05) is 20.3 Å². The van der Waals surface area contributed by atoms with Crippen LogP contribution in [0.5, 0.6) is 5.75 Å². The molecular weight excluding hydrogens is 404 g/mol. The van der Waals surface area contributed by atoms with Crippen molar-refractivity contribution in [3.05, 3.63) is 24.3 Å². The number of esters is 1. The average molecular weight is 441 g/mol. The second kappa shape index (κ2) is 7.36. The van der Waals surface area contributed by atoms with Gasteiger partial charge < -0.3 is 19.1 Å². The van der Waals surface area contributed by atoms with Crippen molar-refractivity contribution < 1.29 is 19.0 Å². The Morgan fingerprint density at radius 3 is 2.62 bits per heavy atom. The molecule has 32 heavy (non-hydrogen) atoms. The molecule has 7 atom stereocenters. The van der Waals surface area contributed by atoms with Crippen LogP contribution in [0.4, 0.5) is 5.69 Å². The predicted octanol–water partition coefficient (Wildman–Crippen LogP) is 3.34. The van der Waals surface area contributed by atoms with Crippen LogP contribution in [0.15, 0.2) is 24.3 Å². The summed E-state index contributed by atoms with van der Waals surface area (Å²) in [5.74, 6) is 1.67. The van der Waals surface area contributed by atoms with Gasteiger partial charge in [-0.2, -0.15) is 0 Å². The Bertz CT molecular complexity index is 882. The summed E-state index contributed by atoms with van der Waals surface area (Å²) < 4.78 is 17.9. The van der Waals surface area contributed by atoms with Crippen LogP contribution in [0.1, 0.15) is 39.5 Å². The quantitative estimate of drug-likeness (QED) is 0.529. The summed E-state index contributed by atoms with van der Waals surface area (Å²) in [5, 5.41) is 0. The lowest BCUT2D eigenvalue weighted by molar-refractivity contribution is -0.146. The smallest absolute Gasteiger partial charge is 0.311 e. The molecule has 3 heterocycles. The van der Waals surface area contributed by atoms with Gasteiger partial charge in [-0.25, -0.2) is 0 Å². The number of rotatable bonds is 4. The maximum absolute atomic E-state index is 13.0. The first kappa shape index (κ1) is 20.8. The molecule has 0 aromatic heterocycles. The van der Waals surface area contributed by atoms with Gasteiger partial charge in [-0.15, -0.1) is 0 Å². The fourth-order valence-corrected chi connectivity index (χ4v) is 7.70. The molecule has 0 unspecified atom stereocenters. The highest BCUT2D eigenvalue weighted by molar-refractivity contribution is 5.76. The zero-order valence-corrected chi connectivity index (χ0v) is 19.6. The van der Waals surface area contributed by atoms with Crippen LogP contribution in [0.25, 0.3) is 0 Å². The molecule has 6 nitrogen and oxygen atoms in total. The van der Waals surface area contributed by atoms with Crippen molar-refractivity contribution in [2.45, 2.75) is 57.3 Å². The molecule has 174 valence electrons. The normalized spacial score (nSPS) is 43.2. The molecule has 1 aromatic rings. The van der Waals surface area contributed by atoms with Crippen molar-refractivity contribution in [2.75, 3.05) is 44.7 Å². The highest BCUT2D eigenvalue weighted by Gasteiger charge is 2.78. The molecular formula is C26H36N2O4. The summed E-state index contributed by atoms with van der Waals surface area (Å²) in [6.45, 7) is 9.44. The highest BCUT2D eigenvalue weighted by atomic mass is 16.6. The lowest BCUT2D eigenvalue weighted by Crippen LogP contribution is -2.55. The van der Waals surface area contributed by atoms with Gasteiger partial charge in [0, 0.05) is 49.7 Å². The van der Waals surface area contributed by atoms with E-state index in [-0.39, 0.29) is 41.0 Å². The highest BCUT2D eigenvalue weighted by Crippen LogP contribution is 2.70. The van der Waals surface area contributed by atoms with E-state index in [0.717, 1.165) is 44.9 Å². The van der Waals surface area contributed by atoms with Crippen molar-refractivity contribution >= 4 is 11.7 Å². The van der Waals surface area contributed by atoms with E-state index in [1.165, 1.54) is 24.9 Å². The maximum atomic E-state index is 13.0. The topological polar surface area (TPSA) is 54.5 Å². The van der Waals surface area contributed by atoms with Crippen molar-refractivity contribution in [1.82, 2.24) is 4.90 Å².